The van der Waals surface area contributed by atoms with Crippen LogP contribution in [0.15, 0.2) is 36.4 Å². The van der Waals surface area contributed by atoms with Gasteiger partial charge in [-0.05, 0) is 43.7 Å². The zero-order valence-corrected chi connectivity index (χ0v) is 16.2. The van der Waals surface area contributed by atoms with Gasteiger partial charge in [0.2, 0.25) is 5.75 Å². The molecule has 0 spiro atoms. The van der Waals surface area contributed by atoms with Crippen LogP contribution in [0.3, 0.4) is 0 Å². The van der Waals surface area contributed by atoms with Gasteiger partial charge in [-0.2, -0.15) is 5.26 Å². The van der Waals surface area contributed by atoms with Crippen LogP contribution in [0.1, 0.15) is 24.4 Å². The molecule has 0 N–H and O–H groups in total. The van der Waals surface area contributed by atoms with E-state index in [2.05, 4.69) is 11.1 Å². The second-order valence-corrected chi connectivity index (χ2v) is 6.68. The predicted molar refractivity (Wildman–Crippen MR) is 109 cm³/mol. The van der Waals surface area contributed by atoms with Crippen LogP contribution in [-0.2, 0) is 0 Å². The van der Waals surface area contributed by atoms with E-state index >= 15 is 0 Å². The third-order valence-electron chi connectivity index (χ3n) is 3.80. The van der Waals surface area contributed by atoms with Crippen LogP contribution < -0.4 is 9.47 Å². The van der Waals surface area contributed by atoms with Gasteiger partial charge in [0.1, 0.15) is 11.1 Å². The van der Waals surface area contributed by atoms with Gasteiger partial charge in [-0.1, -0.05) is 12.1 Å². The average Bonchev–Trinajstić information content (AvgIpc) is 3.11. The van der Waals surface area contributed by atoms with E-state index in [1.54, 1.807) is 26.0 Å². The number of rotatable bonds is 7. The molecule has 8 heteroatoms. The van der Waals surface area contributed by atoms with E-state index in [1.165, 1.54) is 17.4 Å². The van der Waals surface area contributed by atoms with E-state index in [9.17, 15) is 15.4 Å². The largest absolute Gasteiger partial charge is 0.490 e. The summed E-state index contributed by atoms with van der Waals surface area (Å²) in [7, 11) is 0. The van der Waals surface area contributed by atoms with Gasteiger partial charge < -0.3 is 9.47 Å². The fourth-order valence-electron chi connectivity index (χ4n) is 2.68. The fraction of sp³-hybridized carbons (Fsp3) is 0.200. The number of aromatic nitrogens is 1. The normalized spacial score (nSPS) is 11.2. The first-order valence-electron chi connectivity index (χ1n) is 8.63. The summed E-state index contributed by atoms with van der Waals surface area (Å²) in [4.78, 5) is 15.5. The Bertz CT molecular complexity index is 1070. The zero-order valence-electron chi connectivity index (χ0n) is 15.3. The van der Waals surface area contributed by atoms with E-state index in [4.69, 9.17) is 9.47 Å². The number of fused-ring (bicyclic) bond motifs is 1. The maximum Gasteiger partial charge on any atom is 0.315 e. The highest BCUT2D eigenvalue weighted by atomic mass is 32.1. The molecule has 7 nitrogen and oxygen atoms in total. The lowest BCUT2D eigenvalue weighted by molar-refractivity contribution is -0.386. The number of nitrogens with zero attached hydrogens (tertiary/aromatic N) is 3. The number of allylic oxidation sites excluding steroid dienone is 1. The molecule has 3 aromatic rings. The van der Waals surface area contributed by atoms with Gasteiger partial charge in [0, 0.05) is 6.07 Å². The van der Waals surface area contributed by atoms with Crippen molar-refractivity contribution in [3.63, 3.8) is 0 Å². The highest BCUT2D eigenvalue weighted by molar-refractivity contribution is 7.19. The molecular formula is C20H17N3O4S. The topological polar surface area (TPSA) is 98.3 Å². The molecule has 0 bridgehead atoms. The first-order valence-corrected chi connectivity index (χ1v) is 9.44. The van der Waals surface area contributed by atoms with Crippen LogP contribution in [-0.4, -0.2) is 23.1 Å². The highest BCUT2D eigenvalue weighted by Gasteiger charge is 2.22. The summed E-state index contributed by atoms with van der Waals surface area (Å²) in [6.07, 6.45) is 1.57. The molecule has 2 aromatic carbocycles. The standard InChI is InChI=1S/C20H17N3O4S/c1-3-26-17-11-13(10-16(23(24)25)19(17)27-4-2)9-14(12-21)20-22-15-7-5-6-8-18(15)28-20/h5-11H,3-4H2,1-2H3/b14-9+. The highest BCUT2D eigenvalue weighted by Crippen LogP contribution is 2.39. The van der Waals surface area contributed by atoms with E-state index in [0.717, 1.165) is 10.2 Å². The molecule has 0 saturated carbocycles. The summed E-state index contributed by atoms with van der Waals surface area (Å²) in [6.45, 7) is 4.12. The Morgan fingerprint density at radius 2 is 2.04 bits per heavy atom. The van der Waals surface area contributed by atoms with Crippen LogP contribution in [0.5, 0.6) is 11.5 Å². The van der Waals surface area contributed by atoms with Crippen LogP contribution in [0.2, 0.25) is 0 Å². The molecule has 3 rings (SSSR count). The van der Waals surface area contributed by atoms with Crippen molar-refractivity contribution in [2.75, 3.05) is 13.2 Å². The average molecular weight is 395 g/mol. The minimum Gasteiger partial charge on any atom is -0.490 e. The summed E-state index contributed by atoms with van der Waals surface area (Å²) < 4.78 is 11.9. The number of benzene rings is 2. The summed E-state index contributed by atoms with van der Waals surface area (Å²) in [5.41, 5.74) is 1.38. The van der Waals surface area contributed by atoms with Crippen molar-refractivity contribution in [1.82, 2.24) is 4.98 Å². The van der Waals surface area contributed by atoms with Crippen molar-refractivity contribution in [2.45, 2.75) is 13.8 Å². The molecular weight excluding hydrogens is 378 g/mol. The lowest BCUT2D eigenvalue weighted by atomic mass is 10.1. The summed E-state index contributed by atoms with van der Waals surface area (Å²) in [5, 5.41) is 21.7. The van der Waals surface area contributed by atoms with Gasteiger partial charge >= 0.3 is 5.69 Å². The third-order valence-corrected chi connectivity index (χ3v) is 4.87. The Morgan fingerprint density at radius 3 is 2.68 bits per heavy atom. The molecule has 0 atom stereocenters. The first kappa shape index (κ1) is 19.3. The summed E-state index contributed by atoms with van der Waals surface area (Å²) >= 11 is 1.39. The van der Waals surface area contributed by atoms with E-state index < -0.39 is 4.92 Å². The van der Waals surface area contributed by atoms with Crippen molar-refractivity contribution in [2.24, 2.45) is 0 Å². The van der Waals surface area contributed by atoms with Gasteiger partial charge in [0.15, 0.2) is 5.75 Å². The Kier molecular flexibility index (Phi) is 5.87. The molecule has 0 aliphatic heterocycles. The molecule has 0 radical (unpaired) electrons. The van der Waals surface area contributed by atoms with E-state index in [1.807, 2.05) is 24.3 Å². The number of ether oxygens (including phenoxy) is 2. The number of nitro groups is 1. The van der Waals surface area contributed by atoms with Gasteiger partial charge in [-0.15, -0.1) is 11.3 Å². The lowest BCUT2D eigenvalue weighted by Crippen LogP contribution is -2.02. The number of para-hydroxylation sites is 1. The van der Waals surface area contributed by atoms with Crippen LogP contribution >= 0.6 is 11.3 Å². The van der Waals surface area contributed by atoms with Crippen molar-refractivity contribution >= 4 is 38.9 Å². The molecule has 1 aromatic heterocycles. The molecule has 0 unspecified atom stereocenters. The number of nitro benzene ring substituents is 1. The third kappa shape index (κ3) is 3.94. The Balaban J connectivity index is 2.12. The number of hydrogen-bond donors (Lipinski definition) is 0. The SMILES string of the molecule is CCOc1cc(/C=C(\C#N)c2nc3ccccc3s2)cc([N+](=O)[O-])c1OCC. The van der Waals surface area contributed by atoms with Crippen molar-refractivity contribution in [1.29, 1.82) is 5.26 Å². The summed E-state index contributed by atoms with van der Waals surface area (Å²) in [6, 6.07) is 12.7. The lowest BCUT2D eigenvalue weighted by Gasteiger charge is -2.12. The minimum absolute atomic E-state index is 0.0880. The van der Waals surface area contributed by atoms with E-state index in [-0.39, 0.29) is 23.8 Å². The van der Waals surface area contributed by atoms with Crippen molar-refractivity contribution in [3.05, 3.63) is 57.1 Å². The monoisotopic (exact) mass is 395 g/mol. The first-order chi connectivity index (χ1) is 13.6. The second kappa shape index (κ2) is 8.50. The van der Waals surface area contributed by atoms with Crippen LogP contribution in [0.25, 0.3) is 21.9 Å². The van der Waals surface area contributed by atoms with Crippen LogP contribution in [0, 0.1) is 21.4 Å². The number of thiazole rings is 1. The van der Waals surface area contributed by atoms with Gasteiger partial charge in [-0.3, -0.25) is 10.1 Å². The van der Waals surface area contributed by atoms with E-state index in [0.29, 0.717) is 22.8 Å². The molecule has 0 amide bonds. The quantitative estimate of drug-likeness (QED) is 0.315. The van der Waals surface area contributed by atoms with Crippen molar-refractivity contribution in [3.8, 4) is 17.6 Å². The van der Waals surface area contributed by atoms with Gasteiger partial charge in [0.25, 0.3) is 0 Å². The molecule has 0 aliphatic rings. The molecule has 0 saturated heterocycles. The number of hydrogen-bond acceptors (Lipinski definition) is 7. The van der Waals surface area contributed by atoms with Gasteiger partial charge in [0.05, 0.1) is 33.9 Å². The minimum atomic E-state index is -0.519. The molecule has 142 valence electrons. The Labute approximate surface area is 165 Å². The maximum atomic E-state index is 11.5. The Morgan fingerprint density at radius 1 is 1.29 bits per heavy atom. The van der Waals surface area contributed by atoms with Crippen molar-refractivity contribution < 1.29 is 14.4 Å². The predicted octanol–water partition coefficient (Wildman–Crippen LogP) is 5.07. The van der Waals surface area contributed by atoms with Gasteiger partial charge in [-0.25, -0.2) is 4.98 Å². The maximum absolute atomic E-state index is 11.5. The molecule has 28 heavy (non-hydrogen) atoms. The fourth-order valence-corrected chi connectivity index (χ4v) is 3.61. The number of nitriles is 1. The molecule has 0 fully saturated rings. The molecule has 1 heterocycles. The summed E-state index contributed by atoms with van der Waals surface area (Å²) in [5.74, 6) is 0.358. The zero-order chi connectivity index (χ0) is 20.1. The molecule has 0 aliphatic carbocycles. The van der Waals surface area contributed by atoms with Crippen LogP contribution in [0.4, 0.5) is 5.69 Å². The smallest absolute Gasteiger partial charge is 0.315 e. The Hall–Kier alpha value is -3.44. The second-order valence-electron chi connectivity index (χ2n) is 5.65.